The minimum absolute atomic E-state index is 0.271. The first kappa shape index (κ1) is 21.2. The van der Waals surface area contributed by atoms with Crippen LogP contribution < -0.4 is 10.6 Å². The Hall–Kier alpha value is -1.14. The number of hydrogen-bond acceptors (Lipinski definition) is 4. The van der Waals surface area contributed by atoms with Crippen LogP contribution in [0.15, 0.2) is 0 Å². The molecule has 2 rings (SSSR count). The van der Waals surface area contributed by atoms with Crippen molar-refractivity contribution in [1.29, 1.82) is 0 Å². The summed E-state index contributed by atoms with van der Waals surface area (Å²) in [7, 11) is 1.44. The van der Waals surface area contributed by atoms with Gasteiger partial charge in [0.15, 0.2) is 5.11 Å². The fraction of sp³-hybridized carbons (Fsp3) is 0.700. The molecule has 2 atom stereocenters. The van der Waals surface area contributed by atoms with Gasteiger partial charge in [0.05, 0.1) is 12.7 Å². The third-order valence-electron chi connectivity index (χ3n) is 4.92. The second kappa shape index (κ2) is 9.70. The quantitative estimate of drug-likeness (QED) is 0.492. The highest BCUT2D eigenvalue weighted by Crippen LogP contribution is 2.40. The van der Waals surface area contributed by atoms with Crippen LogP contribution in [0.25, 0.3) is 0 Å². The predicted molar refractivity (Wildman–Crippen MR) is 114 cm³/mol. The Morgan fingerprint density at radius 1 is 1.35 bits per heavy atom. The van der Waals surface area contributed by atoms with Crippen molar-refractivity contribution in [3.8, 4) is 0 Å². The first-order chi connectivity index (χ1) is 12.3. The molecule has 2 N–H and O–H groups in total. The van der Waals surface area contributed by atoms with Gasteiger partial charge in [0.1, 0.15) is 5.00 Å². The summed E-state index contributed by atoms with van der Waals surface area (Å²) in [6.07, 6.45) is 6.58. The van der Waals surface area contributed by atoms with E-state index in [0.717, 1.165) is 42.2 Å². The van der Waals surface area contributed by atoms with Crippen molar-refractivity contribution >= 4 is 39.6 Å². The normalized spacial score (nSPS) is 17.5. The molecule has 0 saturated heterocycles. The first-order valence-corrected chi connectivity index (χ1v) is 10.8. The maximum atomic E-state index is 12.3. The van der Waals surface area contributed by atoms with Gasteiger partial charge in [-0.1, -0.05) is 33.6 Å². The first-order valence-electron chi connectivity index (χ1n) is 9.62. The SMILES string of the molecule is COC(=O)c1c(NC(=S)NC(C)CCCC(C)C)sc2c1CCC(C)C2. The van der Waals surface area contributed by atoms with Crippen molar-refractivity contribution in [2.24, 2.45) is 11.8 Å². The maximum absolute atomic E-state index is 12.3. The monoisotopic (exact) mass is 396 g/mol. The van der Waals surface area contributed by atoms with Crippen molar-refractivity contribution in [1.82, 2.24) is 5.32 Å². The van der Waals surface area contributed by atoms with Gasteiger partial charge < -0.3 is 15.4 Å². The molecule has 0 amide bonds. The van der Waals surface area contributed by atoms with Gasteiger partial charge in [0.25, 0.3) is 0 Å². The number of nitrogens with one attached hydrogen (secondary N) is 2. The van der Waals surface area contributed by atoms with Crippen LogP contribution in [0.5, 0.6) is 0 Å². The highest BCUT2D eigenvalue weighted by Gasteiger charge is 2.28. The zero-order valence-electron chi connectivity index (χ0n) is 16.6. The minimum Gasteiger partial charge on any atom is -0.465 e. The predicted octanol–water partition coefficient (Wildman–Crippen LogP) is 5.16. The number of esters is 1. The molecule has 1 aliphatic rings. The van der Waals surface area contributed by atoms with Gasteiger partial charge >= 0.3 is 5.97 Å². The lowest BCUT2D eigenvalue weighted by Crippen LogP contribution is -2.36. The molecule has 1 aromatic rings. The van der Waals surface area contributed by atoms with E-state index in [9.17, 15) is 4.79 Å². The van der Waals surface area contributed by atoms with E-state index >= 15 is 0 Å². The Balaban J connectivity index is 2.04. The molecule has 0 aromatic carbocycles. The summed E-state index contributed by atoms with van der Waals surface area (Å²) in [5.74, 6) is 1.12. The molecule has 1 aromatic heterocycles. The van der Waals surface area contributed by atoms with E-state index in [1.54, 1.807) is 11.3 Å². The summed E-state index contributed by atoms with van der Waals surface area (Å²) >= 11 is 7.14. The van der Waals surface area contributed by atoms with Gasteiger partial charge in [-0.2, -0.15) is 0 Å². The Morgan fingerprint density at radius 2 is 2.08 bits per heavy atom. The third kappa shape index (κ3) is 5.68. The Bertz CT molecular complexity index is 640. The Labute approximate surface area is 167 Å². The number of carbonyl (C=O) groups is 1. The van der Waals surface area contributed by atoms with E-state index in [1.165, 1.54) is 24.8 Å². The average Bonchev–Trinajstić information content (AvgIpc) is 2.90. The molecule has 2 unspecified atom stereocenters. The van der Waals surface area contributed by atoms with E-state index in [4.69, 9.17) is 17.0 Å². The molecule has 26 heavy (non-hydrogen) atoms. The lowest BCUT2D eigenvalue weighted by molar-refractivity contribution is 0.0601. The number of fused-ring (bicyclic) bond motifs is 1. The van der Waals surface area contributed by atoms with Crippen molar-refractivity contribution in [3.63, 3.8) is 0 Å². The molecular formula is C20H32N2O2S2. The summed E-state index contributed by atoms with van der Waals surface area (Å²) in [4.78, 5) is 13.6. The molecule has 146 valence electrons. The number of ether oxygens (including phenoxy) is 1. The minimum atomic E-state index is -0.271. The summed E-state index contributed by atoms with van der Waals surface area (Å²) in [6, 6.07) is 0.310. The molecule has 0 aliphatic heterocycles. The van der Waals surface area contributed by atoms with Crippen LogP contribution in [0.3, 0.4) is 0 Å². The zero-order valence-corrected chi connectivity index (χ0v) is 18.2. The molecule has 6 heteroatoms. The number of anilines is 1. The van der Waals surface area contributed by atoms with Gasteiger partial charge in [-0.25, -0.2) is 4.79 Å². The van der Waals surface area contributed by atoms with Crippen LogP contribution in [0, 0.1) is 11.8 Å². The highest BCUT2D eigenvalue weighted by atomic mass is 32.1. The van der Waals surface area contributed by atoms with Crippen LogP contribution in [0.2, 0.25) is 0 Å². The van der Waals surface area contributed by atoms with E-state index in [-0.39, 0.29) is 5.97 Å². The van der Waals surface area contributed by atoms with Crippen LogP contribution >= 0.6 is 23.6 Å². The topological polar surface area (TPSA) is 50.4 Å². The van der Waals surface area contributed by atoms with Crippen molar-refractivity contribution in [2.75, 3.05) is 12.4 Å². The van der Waals surface area contributed by atoms with Crippen LogP contribution in [-0.4, -0.2) is 24.2 Å². The third-order valence-corrected chi connectivity index (χ3v) is 6.31. The van der Waals surface area contributed by atoms with Gasteiger partial charge in [-0.05, 0) is 62.2 Å². The standard InChI is InChI=1S/C20H32N2O2S2/c1-12(2)7-6-8-14(4)21-20(25)22-18-17(19(23)24-5)15-10-9-13(3)11-16(15)26-18/h12-14H,6-11H2,1-5H3,(H2,21,22,25). The number of thiophene rings is 1. The largest absolute Gasteiger partial charge is 0.465 e. The van der Waals surface area contributed by atoms with Gasteiger partial charge in [0, 0.05) is 10.9 Å². The maximum Gasteiger partial charge on any atom is 0.341 e. The van der Waals surface area contributed by atoms with E-state index in [2.05, 4.69) is 38.3 Å². The Morgan fingerprint density at radius 3 is 2.73 bits per heavy atom. The average molecular weight is 397 g/mol. The van der Waals surface area contributed by atoms with Crippen molar-refractivity contribution in [3.05, 3.63) is 16.0 Å². The smallest absolute Gasteiger partial charge is 0.341 e. The zero-order chi connectivity index (χ0) is 19.3. The lowest BCUT2D eigenvalue weighted by Gasteiger charge is -2.18. The van der Waals surface area contributed by atoms with Crippen LogP contribution in [-0.2, 0) is 17.6 Å². The van der Waals surface area contributed by atoms with Crippen LogP contribution in [0.1, 0.15) is 74.2 Å². The van der Waals surface area contributed by atoms with Gasteiger partial charge in [-0.15, -0.1) is 11.3 Å². The lowest BCUT2D eigenvalue weighted by atomic mass is 9.88. The summed E-state index contributed by atoms with van der Waals surface area (Å²) in [5.41, 5.74) is 1.83. The summed E-state index contributed by atoms with van der Waals surface area (Å²) in [6.45, 7) is 8.91. The molecule has 0 saturated carbocycles. The van der Waals surface area contributed by atoms with Crippen molar-refractivity contribution in [2.45, 2.75) is 72.3 Å². The van der Waals surface area contributed by atoms with Crippen molar-refractivity contribution < 1.29 is 9.53 Å². The molecule has 0 radical (unpaired) electrons. The molecule has 1 aliphatic carbocycles. The fourth-order valence-electron chi connectivity index (χ4n) is 3.42. The molecule has 0 spiro atoms. The number of rotatable bonds is 7. The van der Waals surface area contributed by atoms with E-state index in [1.807, 2.05) is 0 Å². The molecule has 0 bridgehead atoms. The molecule has 0 fully saturated rings. The summed E-state index contributed by atoms with van der Waals surface area (Å²) in [5, 5.41) is 8.02. The number of hydrogen-bond donors (Lipinski definition) is 2. The molecule has 4 nitrogen and oxygen atoms in total. The van der Waals surface area contributed by atoms with E-state index in [0.29, 0.717) is 22.6 Å². The molecule has 1 heterocycles. The van der Waals surface area contributed by atoms with Gasteiger partial charge in [0.2, 0.25) is 0 Å². The fourth-order valence-corrected chi connectivity index (χ4v) is 5.20. The number of methoxy groups -OCH3 is 1. The second-order valence-electron chi connectivity index (χ2n) is 7.87. The Kier molecular flexibility index (Phi) is 7.89. The van der Waals surface area contributed by atoms with Crippen LogP contribution in [0.4, 0.5) is 5.00 Å². The molecular weight excluding hydrogens is 364 g/mol. The summed E-state index contributed by atoms with van der Waals surface area (Å²) < 4.78 is 5.03. The second-order valence-corrected chi connectivity index (χ2v) is 9.39. The number of carbonyl (C=O) groups excluding carboxylic acids is 1. The highest BCUT2D eigenvalue weighted by molar-refractivity contribution is 7.80. The van der Waals surface area contributed by atoms with Gasteiger partial charge in [-0.3, -0.25) is 0 Å². The van der Waals surface area contributed by atoms with E-state index < -0.39 is 0 Å². The number of thiocarbonyl (C=S) groups is 1.